The van der Waals surface area contributed by atoms with Crippen LogP contribution in [0.15, 0.2) is 24.3 Å². The SMILES string of the molecule is CC(C)CN(CC(C)C(=O)O)c1ccccc1Cl. The van der Waals surface area contributed by atoms with E-state index in [-0.39, 0.29) is 0 Å². The molecule has 3 nitrogen and oxygen atoms in total. The molecule has 0 spiro atoms. The molecule has 0 aliphatic rings. The number of anilines is 1. The number of aliphatic carboxylic acids is 1. The van der Waals surface area contributed by atoms with Gasteiger partial charge in [0.1, 0.15) is 0 Å². The Morgan fingerprint density at radius 2 is 1.89 bits per heavy atom. The zero-order valence-electron chi connectivity index (χ0n) is 11.1. The van der Waals surface area contributed by atoms with Gasteiger partial charge in [0.2, 0.25) is 0 Å². The highest BCUT2D eigenvalue weighted by Gasteiger charge is 2.18. The Bertz CT molecular complexity index is 407. The fourth-order valence-corrected chi connectivity index (χ4v) is 2.08. The van der Waals surface area contributed by atoms with Gasteiger partial charge in [0.25, 0.3) is 0 Å². The molecule has 1 rings (SSSR count). The summed E-state index contributed by atoms with van der Waals surface area (Å²) in [5, 5.41) is 9.68. The van der Waals surface area contributed by atoms with Crippen LogP contribution in [0.2, 0.25) is 5.02 Å². The van der Waals surface area contributed by atoms with Crippen LogP contribution in [0.5, 0.6) is 0 Å². The van der Waals surface area contributed by atoms with Crippen LogP contribution in [0.1, 0.15) is 20.8 Å². The molecule has 0 saturated heterocycles. The lowest BCUT2D eigenvalue weighted by atomic mass is 10.1. The summed E-state index contributed by atoms with van der Waals surface area (Å²) in [7, 11) is 0. The summed E-state index contributed by atoms with van der Waals surface area (Å²) in [6, 6.07) is 7.55. The summed E-state index contributed by atoms with van der Waals surface area (Å²) >= 11 is 6.18. The van der Waals surface area contributed by atoms with E-state index in [4.69, 9.17) is 16.7 Å². The van der Waals surface area contributed by atoms with E-state index in [2.05, 4.69) is 13.8 Å². The minimum Gasteiger partial charge on any atom is -0.481 e. The van der Waals surface area contributed by atoms with Gasteiger partial charge in [-0.2, -0.15) is 0 Å². The Morgan fingerprint density at radius 1 is 1.28 bits per heavy atom. The number of rotatable bonds is 6. The summed E-state index contributed by atoms with van der Waals surface area (Å²) in [4.78, 5) is 13.0. The molecule has 1 atom stereocenters. The Balaban J connectivity index is 2.91. The number of benzene rings is 1. The summed E-state index contributed by atoms with van der Waals surface area (Å²) in [6.45, 7) is 7.19. The molecule has 1 unspecified atom stereocenters. The highest BCUT2D eigenvalue weighted by atomic mass is 35.5. The molecule has 4 heteroatoms. The van der Waals surface area contributed by atoms with Crippen molar-refractivity contribution in [1.82, 2.24) is 0 Å². The molecule has 18 heavy (non-hydrogen) atoms. The standard InChI is InChI=1S/C14H20ClNO2/c1-10(2)8-16(9-11(3)14(17)18)13-7-5-4-6-12(13)15/h4-7,10-11H,8-9H2,1-3H3,(H,17,18). The number of nitrogens with zero attached hydrogens (tertiary/aromatic N) is 1. The second-order valence-electron chi connectivity index (χ2n) is 4.99. The van der Waals surface area contributed by atoms with Gasteiger partial charge in [0.05, 0.1) is 16.6 Å². The van der Waals surface area contributed by atoms with E-state index in [1.807, 2.05) is 29.2 Å². The minimum absolute atomic E-state index is 0.417. The van der Waals surface area contributed by atoms with E-state index in [0.29, 0.717) is 17.5 Å². The Hall–Kier alpha value is -1.22. The minimum atomic E-state index is -0.782. The van der Waals surface area contributed by atoms with Crippen LogP contribution in [-0.4, -0.2) is 24.2 Å². The van der Waals surface area contributed by atoms with Crippen LogP contribution in [-0.2, 0) is 4.79 Å². The number of carbonyl (C=O) groups is 1. The number of carboxylic acid groups (broad SMARTS) is 1. The molecule has 1 aromatic carbocycles. The maximum Gasteiger partial charge on any atom is 0.308 e. The number of hydrogen-bond donors (Lipinski definition) is 1. The predicted octanol–water partition coefficient (Wildman–Crippen LogP) is 3.52. The Morgan fingerprint density at radius 3 is 2.39 bits per heavy atom. The van der Waals surface area contributed by atoms with Gasteiger partial charge in [-0.15, -0.1) is 0 Å². The van der Waals surface area contributed by atoms with Crippen molar-refractivity contribution in [3.63, 3.8) is 0 Å². The van der Waals surface area contributed by atoms with Gasteiger partial charge >= 0.3 is 5.97 Å². The van der Waals surface area contributed by atoms with Crippen molar-refractivity contribution in [2.75, 3.05) is 18.0 Å². The van der Waals surface area contributed by atoms with E-state index in [1.54, 1.807) is 6.92 Å². The quantitative estimate of drug-likeness (QED) is 0.859. The molecular formula is C14H20ClNO2. The molecule has 1 N–H and O–H groups in total. The summed E-state index contributed by atoms with van der Waals surface area (Å²) in [5.41, 5.74) is 0.904. The van der Waals surface area contributed by atoms with Gasteiger partial charge in [-0.3, -0.25) is 4.79 Å². The zero-order valence-corrected chi connectivity index (χ0v) is 11.8. The molecule has 0 fully saturated rings. The summed E-state index contributed by atoms with van der Waals surface area (Å²) in [6.07, 6.45) is 0. The molecule has 0 heterocycles. The van der Waals surface area contributed by atoms with Gasteiger partial charge in [-0.1, -0.05) is 44.5 Å². The Kier molecular flexibility index (Phi) is 5.48. The van der Waals surface area contributed by atoms with E-state index < -0.39 is 11.9 Å². The highest BCUT2D eigenvalue weighted by Crippen LogP contribution is 2.26. The second kappa shape index (κ2) is 6.64. The van der Waals surface area contributed by atoms with Crippen LogP contribution in [0.4, 0.5) is 5.69 Å². The van der Waals surface area contributed by atoms with Crippen molar-refractivity contribution < 1.29 is 9.90 Å². The fourth-order valence-electron chi connectivity index (χ4n) is 1.83. The molecule has 0 aromatic heterocycles. The monoisotopic (exact) mass is 269 g/mol. The summed E-state index contributed by atoms with van der Waals surface area (Å²) < 4.78 is 0. The Labute approximate surface area is 113 Å². The maximum absolute atomic E-state index is 11.0. The number of para-hydroxylation sites is 1. The van der Waals surface area contributed by atoms with Crippen LogP contribution in [0.25, 0.3) is 0 Å². The largest absolute Gasteiger partial charge is 0.481 e. The maximum atomic E-state index is 11.0. The van der Waals surface area contributed by atoms with E-state index in [1.165, 1.54) is 0 Å². The number of halogens is 1. The molecule has 0 radical (unpaired) electrons. The molecule has 1 aromatic rings. The van der Waals surface area contributed by atoms with Crippen molar-refractivity contribution in [3.05, 3.63) is 29.3 Å². The van der Waals surface area contributed by atoms with Crippen LogP contribution in [0.3, 0.4) is 0 Å². The third-order valence-electron chi connectivity index (χ3n) is 2.69. The lowest BCUT2D eigenvalue weighted by Gasteiger charge is -2.29. The van der Waals surface area contributed by atoms with Crippen molar-refractivity contribution in [1.29, 1.82) is 0 Å². The van der Waals surface area contributed by atoms with Crippen molar-refractivity contribution in [3.8, 4) is 0 Å². The zero-order chi connectivity index (χ0) is 13.7. The highest BCUT2D eigenvalue weighted by molar-refractivity contribution is 6.33. The average Bonchev–Trinajstić information content (AvgIpc) is 2.28. The topological polar surface area (TPSA) is 40.5 Å². The molecule has 0 aliphatic carbocycles. The van der Waals surface area contributed by atoms with Crippen LogP contribution < -0.4 is 4.90 Å². The first kappa shape index (κ1) is 14.8. The summed E-state index contributed by atoms with van der Waals surface area (Å²) in [5.74, 6) is -0.752. The predicted molar refractivity (Wildman–Crippen MR) is 75.3 cm³/mol. The molecule has 0 aliphatic heterocycles. The van der Waals surface area contributed by atoms with E-state index in [0.717, 1.165) is 12.2 Å². The molecule has 100 valence electrons. The van der Waals surface area contributed by atoms with Crippen LogP contribution >= 0.6 is 11.6 Å². The lowest BCUT2D eigenvalue weighted by Crippen LogP contribution is -2.34. The van der Waals surface area contributed by atoms with Gasteiger partial charge in [0, 0.05) is 13.1 Å². The first-order valence-corrected chi connectivity index (χ1v) is 6.52. The molecular weight excluding hydrogens is 250 g/mol. The first-order chi connectivity index (χ1) is 8.41. The lowest BCUT2D eigenvalue weighted by molar-refractivity contribution is -0.140. The van der Waals surface area contributed by atoms with E-state index >= 15 is 0 Å². The van der Waals surface area contributed by atoms with Crippen molar-refractivity contribution in [2.45, 2.75) is 20.8 Å². The smallest absolute Gasteiger partial charge is 0.308 e. The van der Waals surface area contributed by atoms with Gasteiger partial charge < -0.3 is 10.0 Å². The van der Waals surface area contributed by atoms with Gasteiger partial charge in [0.15, 0.2) is 0 Å². The fraction of sp³-hybridized carbons (Fsp3) is 0.500. The van der Waals surface area contributed by atoms with Crippen molar-refractivity contribution in [2.24, 2.45) is 11.8 Å². The van der Waals surface area contributed by atoms with Gasteiger partial charge in [-0.25, -0.2) is 0 Å². The molecule has 0 amide bonds. The second-order valence-corrected chi connectivity index (χ2v) is 5.40. The van der Waals surface area contributed by atoms with Gasteiger partial charge in [-0.05, 0) is 18.1 Å². The normalized spacial score (nSPS) is 12.5. The molecule has 0 bridgehead atoms. The first-order valence-electron chi connectivity index (χ1n) is 6.14. The molecule has 0 saturated carbocycles. The third-order valence-corrected chi connectivity index (χ3v) is 3.01. The average molecular weight is 270 g/mol. The van der Waals surface area contributed by atoms with Crippen molar-refractivity contribution >= 4 is 23.3 Å². The third kappa shape index (κ3) is 4.22. The van der Waals surface area contributed by atoms with Crippen LogP contribution in [0, 0.1) is 11.8 Å². The number of hydrogen-bond acceptors (Lipinski definition) is 2. The number of carboxylic acids is 1. The van der Waals surface area contributed by atoms with E-state index in [9.17, 15) is 4.79 Å².